The molecule has 0 fully saturated rings. The van der Waals surface area contributed by atoms with E-state index in [4.69, 9.17) is 0 Å². The summed E-state index contributed by atoms with van der Waals surface area (Å²) >= 11 is 0. The molecule has 5 rings (SSSR count). The van der Waals surface area contributed by atoms with Gasteiger partial charge in [0.2, 0.25) is 0 Å². The Kier molecular flexibility index (Phi) is 7.67. The highest BCUT2D eigenvalue weighted by molar-refractivity contribution is 5.50. The number of hydrogen-bond acceptors (Lipinski definition) is 0. The van der Waals surface area contributed by atoms with Crippen LogP contribution in [0, 0.1) is 35.0 Å². The maximum atomic E-state index is 2.48. The summed E-state index contributed by atoms with van der Waals surface area (Å²) in [6, 6.07) is 0. The van der Waals surface area contributed by atoms with Crippen molar-refractivity contribution in [3.05, 3.63) is 133 Å². The lowest BCUT2D eigenvalue weighted by molar-refractivity contribution is 0.201. The van der Waals surface area contributed by atoms with Crippen LogP contribution in [0.2, 0.25) is 0 Å². The fraction of sp³-hybridized carbons (Fsp3) is 0.371. The topological polar surface area (TPSA) is 0 Å². The van der Waals surface area contributed by atoms with Gasteiger partial charge in [-0.3, -0.25) is 0 Å². The predicted molar refractivity (Wildman–Crippen MR) is 152 cm³/mol. The molecule has 35 heavy (non-hydrogen) atoms. The van der Waals surface area contributed by atoms with Crippen LogP contribution in [0.1, 0.15) is 45.4 Å². The molecule has 0 aromatic rings. The van der Waals surface area contributed by atoms with Crippen molar-refractivity contribution in [1.29, 1.82) is 0 Å². The summed E-state index contributed by atoms with van der Waals surface area (Å²) in [4.78, 5) is 0. The lowest BCUT2D eigenvalue weighted by atomic mass is 9.55. The number of rotatable bonds is 12. The number of unbranched alkanes of at least 4 members (excludes halogenated alkanes) is 4. The van der Waals surface area contributed by atoms with E-state index in [1.807, 2.05) is 0 Å². The summed E-state index contributed by atoms with van der Waals surface area (Å²) in [6.07, 6.45) is 54.8. The molecular weight excluding hydrogens is 420 g/mol. The zero-order valence-electron chi connectivity index (χ0n) is 21.2. The third kappa shape index (κ3) is 4.81. The van der Waals surface area contributed by atoms with E-state index < -0.39 is 0 Å². The van der Waals surface area contributed by atoms with E-state index in [-0.39, 0.29) is 5.41 Å². The SMILES string of the molecule is CCCCCCCC(C(=C(C1C=CC=C1)C1C=CC=C1)C1C=CC=C1)(C1C=CC=C1)C1C=CC=C1. The van der Waals surface area contributed by atoms with Crippen molar-refractivity contribution in [2.24, 2.45) is 35.0 Å². The van der Waals surface area contributed by atoms with Crippen LogP contribution in [0.15, 0.2) is 133 Å². The van der Waals surface area contributed by atoms with Gasteiger partial charge in [-0.1, -0.05) is 166 Å². The van der Waals surface area contributed by atoms with Crippen LogP contribution in [-0.2, 0) is 0 Å². The molecule has 0 aromatic carbocycles. The lowest BCUT2D eigenvalue weighted by Gasteiger charge is -2.48. The Hall–Kier alpha value is -2.86. The van der Waals surface area contributed by atoms with E-state index >= 15 is 0 Å². The largest absolute Gasteiger partial charge is 0.0767 e. The first-order valence-electron chi connectivity index (χ1n) is 13.8. The summed E-state index contributed by atoms with van der Waals surface area (Å²) in [5.74, 6) is 1.86. The van der Waals surface area contributed by atoms with Gasteiger partial charge in [0.05, 0.1) is 0 Å². The first kappa shape index (κ1) is 23.9. The third-order valence-corrected chi connectivity index (χ3v) is 8.49. The fourth-order valence-electron chi connectivity index (χ4n) is 6.88. The molecule has 0 heterocycles. The highest BCUT2D eigenvalue weighted by atomic mass is 14.5. The van der Waals surface area contributed by atoms with Crippen LogP contribution in [-0.4, -0.2) is 0 Å². The Morgan fingerprint density at radius 3 is 1.34 bits per heavy atom. The van der Waals surface area contributed by atoms with Crippen LogP contribution in [0.4, 0.5) is 0 Å². The van der Waals surface area contributed by atoms with Gasteiger partial charge in [0, 0.05) is 35.0 Å². The Bertz CT molecular complexity index is 969. The Labute approximate surface area is 213 Å². The van der Waals surface area contributed by atoms with Crippen molar-refractivity contribution in [3.8, 4) is 0 Å². The van der Waals surface area contributed by atoms with Crippen LogP contribution < -0.4 is 0 Å². The van der Waals surface area contributed by atoms with Gasteiger partial charge in [-0.2, -0.15) is 0 Å². The van der Waals surface area contributed by atoms with E-state index in [9.17, 15) is 0 Å². The molecule has 0 nitrogen and oxygen atoms in total. The molecule has 0 unspecified atom stereocenters. The monoisotopic (exact) mass is 460 g/mol. The van der Waals surface area contributed by atoms with Crippen LogP contribution in [0.25, 0.3) is 0 Å². The highest BCUT2D eigenvalue weighted by Gasteiger charge is 2.48. The van der Waals surface area contributed by atoms with Gasteiger partial charge in [-0.15, -0.1) is 0 Å². The van der Waals surface area contributed by atoms with Crippen molar-refractivity contribution in [2.75, 3.05) is 0 Å². The molecule has 5 aliphatic rings. The molecule has 0 atom stereocenters. The lowest BCUT2D eigenvalue weighted by Crippen LogP contribution is -2.40. The number of hydrogen-bond donors (Lipinski definition) is 0. The molecule has 5 aliphatic carbocycles. The minimum atomic E-state index is 0.0206. The fourth-order valence-corrected chi connectivity index (χ4v) is 6.88. The molecule has 0 saturated carbocycles. The van der Waals surface area contributed by atoms with Gasteiger partial charge in [0.1, 0.15) is 0 Å². The first-order valence-corrected chi connectivity index (χ1v) is 13.8. The molecule has 0 heteroatoms. The Morgan fingerprint density at radius 1 is 0.486 bits per heavy atom. The maximum absolute atomic E-state index is 2.48. The van der Waals surface area contributed by atoms with Crippen LogP contribution in [0.5, 0.6) is 0 Å². The zero-order valence-corrected chi connectivity index (χ0v) is 21.2. The Morgan fingerprint density at radius 2 is 0.886 bits per heavy atom. The molecule has 0 spiro atoms. The van der Waals surface area contributed by atoms with Crippen LogP contribution >= 0.6 is 0 Å². The second kappa shape index (κ2) is 11.3. The van der Waals surface area contributed by atoms with Crippen LogP contribution in [0.3, 0.4) is 0 Å². The van der Waals surface area contributed by atoms with Gasteiger partial charge in [-0.05, 0) is 12.0 Å². The van der Waals surface area contributed by atoms with Crippen molar-refractivity contribution in [3.63, 3.8) is 0 Å². The molecule has 0 bridgehead atoms. The van der Waals surface area contributed by atoms with Gasteiger partial charge in [-0.25, -0.2) is 0 Å². The second-order valence-corrected chi connectivity index (χ2v) is 10.6. The summed E-state index contributed by atoms with van der Waals surface area (Å²) in [6.45, 7) is 2.31. The van der Waals surface area contributed by atoms with E-state index in [2.05, 4.69) is 128 Å². The Balaban J connectivity index is 1.71. The second-order valence-electron chi connectivity index (χ2n) is 10.6. The quantitative estimate of drug-likeness (QED) is 0.201. The van der Waals surface area contributed by atoms with Crippen molar-refractivity contribution >= 4 is 0 Å². The molecule has 0 aromatic heterocycles. The van der Waals surface area contributed by atoms with Gasteiger partial charge in [0.15, 0.2) is 0 Å². The van der Waals surface area contributed by atoms with E-state index in [0.717, 1.165) is 0 Å². The van der Waals surface area contributed by atoms with Crippen molar-refractivity contribution in [2.45, 2.75) is 45.4 Å². The third-order valence-electron chi connectivity index (χ3n) is 8.49. The molecule has 0 radical (unpaired) electrons. The molecule has 0 saturated heterocycles. The normalized spacial score (nSPS) is 21.4. The smallest absolute Gasteiger partial charge is 0.0175 e. The molecule has 180 valence electrons. The van der Waals surface area contributed by atoms with E-state index in [1.54, 1.807) is 11.1 Å². The number of allylic oxidation sites excluding steroid dienone is 22. The van der Waals surface area contributed by atoms with Crippen molar-refractivity contribution in [1.82, 2.24) is 0 Å². The average Bonchev–Trinajstić information content (AvgIpc) is 3.73. The van der Waals surface area contributed by atoms with Gasteiger partial charge < -0.3 is 0 Å². The maximum Gasteiger partial charge on any atom is 0.0175 e. The molecule has 0 N–H and O–H groups in total. The molecular formula is C35H40. The summed E-state index contributed by atoms with van der Waals surface area (Å²) in [5.41, 5.74) is 3.27. The molecule has 0 aliphatic heterocycles. The zero-order chi connectivity index (χ0) is 23.9. The minimum Gasteiger partial charge on any atom is -0.0767 e. The van der Waals surface area contributed by atoms with E-state index in [1.165, 1.54) is 38.5 Å². The average molecular weight is 461 g/mol. The standard InChI is InChI=1S/C35H40/c1-2-3-4-5-16-27-35(31-23-12-13-24-31,32-25-14-15-26-32)34(30-21-10-11-22-30)33(28-17-6-7-18-28)29-19-8-9-20-29/h6-15,17-26,28-32H,2-5,16,27H2,1H3. The van der Waals surface area contributed by atoms with Gasteiger partial charge in [0.25, 0.3) is 0 Å². The van der Waals surface area contributed by atoms with Gasteiger partial charge >= 0.3 is 0 Å². The van der Waals surface area contributed by atoms with E-state index in [0.29, 0.717) is 29.6 Å². The van der Waals surface area contributed by atoms with Crippen molar-refractivity contribution < 1.29 is 0 Å². The summed E-state index contributed by atoms with van der Waals surface area (Å²) in [5, 5.41) is 0. The minimum absolute atomic E-state index is 0.0206. The first-order chi connectivity index (χ1) is 17.3. The highest BCUT2D eigenvalue weighted by Crippen LogP contribution is 2.57. The summed E-state index contributed by atoms with van der Waals surface area (Å²) < 4.78 is 0. The molecule has 0 amide bonds. The summed E-state index contributed by atoms with van der Waals surface area (Å²) in [7, 11) is 0. The predicted octanol–water partition coefficient (Wildman–Crippen LogP) is 9.34.